The number of nitrogens with zero attached hydrogens (tertiary/aromatic N) is 3. The molecule has 50 heavy (non-hydrogen) atoms. The number of rotatable bonds is 19. The normalized spacial score (nSPS) is 13.9. The van der Waals surface area contributed by atoms with Gasteiger partial charge in [0.1, 0.15) is 0 Å². The lowest BCUT2D eigenvalue weighted by atomic mass is 9.91. The van der Waals surface area contributed by atoms with Crippen LogP contribution in [0.5, 0.6) is 0 Å². The maximum Gasteiger partial charge on any atom is 0.248 e. The first-order valence-electron chi connectivity index (χ1n) is 16.7. The topological polar surface area (TPSA) is 162 Å². The van der Waals surface area contributed by atoms with E-state index in [-0.39, 0.29) is 68.5 Å². The highest BCUT2D eigenvalue weighted by Crippen LogP contribution is 2.19. The van der Waals surface area contributed by atoms with Gasteiger partial charge in [-0.25, -0.2) is 0 Å². The van der Waals surface area contributed by atoms with Crippen molar-refractivity contribution in [1.82, 2.24) is 20.0 Å². The summed E-state index contributed by atoms with van der Waals surface area (Å²) in [4.78, 5) is 81.6. The Morgan fingerprint density at radius 1 is 0.880 bits per heavy atom. The molecule has 12 nitrogen and oxygen atoms in total. The first kappa shape index (κ1) is 39.7. The van der Waals surface area contributed by atoms with Crippen molar-refractivity contribution in [3.63, 3.8) is 0 Å². The smallest absolute Gasteiger partial charge is 0.248 e. The van der Waals surface area contributed by atoms with Crippen LogP contribution in [0.25, 0.3) is 0 Å². The highest BCUT2D eigenvalue weighted by molar-refractivity contribution is 7.99. The van der Waals surface area contributed by atoms with E-state index in [2.05, 4.69) is 30.7 Å². The molecule has 1 fully saturated rings. The largest absolute Gasteiger partial charge is 0.345 e. The summed E-state index contributed by atoms with van der Waals surface area (Å²) in [5.74, 6) is -2.36. The standard InChI is InChI=1S/C37H48N6O6S/c1-4-27-14-16-30(17-15-27)39-37(49)29(13-10-19-38)22-32(44)31(21-28-11-8-7-9-12-28)40-33(45)23-50-20-18-36(48)43-25-41(34(46)5-2)24-42(26-43)35(47)6-3/h5-9,11-12,14-17,29,31H,2-4,10,13,18-26,38H2,1H3,(H,39,49)(H,40,45)/t29-,31+/m1/s1. The number of ketones is 1. The summed E-state index contributed by atoms with van der Waals surface area (Å²) in [5, 5.41) is 5.79. The first-order chi connectivity index (χ1) is 24.1. The second-order valence-electron chi connectivity index (χ2n) is 12.0. The van der Waals surface area contributed by atoms with Gasteiger partial charge >= 0.3 is 0 Å². The Morgan fingerprint density at radius 3 is 2.08 bits per heavy atom. The Labute approximate surface area is 298 Å². The summed E-state index contributed by atoms with van der Waals surface area (Å²) in [6.07, 6.45) is 4.36. The molecule has 2 aromatic carbocycles. The Hall–Kier alpha value is -4.75. The van der Waals surface area contributed by atoms with Gasteiger partial charge in [-0.15, -0.1) is 0 Å². The third-order valence-corrected chi connectivity index (χ3v) is 9.21. The molecule has 0 saturated carbocycles. The number of Topliss-reactive ketones (excluding diaryl/α,β-unsaturated/α-hetero) is 1. The number of carbonyl (C=O) groups is 6. The van der Waals surface area contributed by atoms with E-state index in [1.54, 1.807) is 0 Å². The van der Waals surface area contributed by atoms with Gasteiger partial charge < -0.3 is 31.1 Å². The maximum atomic E-state index is 13.7. The third-order valence-electron chi connectivity index (χ3n) is 8.25. The number of benzene rings is 2. The van der Waals surface area contributed by atoms with Gasteiger partial charge in [0, 0.05) is 30.2 Å². The van der Waals surface area contributed by atoms with Crippen molar-refractivity contribution in [2.45, 2.75) is 51.5 Å². The predicted octanol–water partition coefficient (Wildman–Crippen LogP) is 3.10. The van der Waals surface area contributed by atoms with Gasteiger partial charge in [-0.05, 0) is 67.6 Å². The van der Waals surface area contributed by atoms with Gasteiger partial charge in [-0.2, -0.15) is 11.8 Å². The van der Waals surface area contributed by atoms with E-state index in [9.17, 15) is 28.8 Å². The van der Waals surface area contributed by atoms with Crippen molar-refractivity contribution >= 4 is 52.8 Å². The van der Waals surface area contributed by atoms with Gasteiger partial charge in [0.05, 0.1) is 31.8 Å². The van der Waals surface area contributed by atoms with Gasteiger partial charge in [-0.3, -0.25) is 28.8 Å². The molecule has 0 spiro atoms. The minimum atomic E-state index is -0.862. The van der Waals surface area contributed by atoms with Crippen LogP contribution in [0, 0.1) is 5.92 Å². The zero-order valence-electron chi connectivity index (χ0n) is 28.7. The molecule has 0 unspecified atom stereocenters. The minimum absolute atomic E-state index is 0.00115. The number of amides is 5. The zero-order chi connectivity index (χ0) is 36.5. The summed E-state index contributed by atoms with van der Waals surface area (Å²) in [7, 11) is 0. The van der Waals surface area contributed by atoms with Crippen LogP contribution in [0.15, 0.2) is 79.9 Å². The molecular formula is C37H48N6O6S. The molecule has 0 radical (unpaired) electrons. The van der Waals surface area contributed by atoms with E-state index >= 15 is 0 Å². The lowest BCUT2D eigenvalue weighted by Crippen LogP contribution is -2.59. The van der Waals surface area contributed by atoms with Crippen LogP contribution in [0.1, 0.15) is 43.7 Å². The molecule has 268 valence electrons. The van der Waals surface area contributed by atoms with E-state index in [0.717, 1.165) is 29.7 Å². The van der Waals surface area contributed by atoms with E-state index in [1.165, 1.54) is 26.5 Å². The minimum Gasteiger partial charge on any atom is -0.345 e. The van der Waals surface area contributed by atoms with Gasteiger partial charge in [-0.1, -0.05) is 62.5 Å². The monoisotopic (exact) mass is 704 g/mol. The van der Waals surface area contributed by atoms with E-state index < -0.39 is 23.8 Å². The average molecular weight is 705 g/mol. The molecular weight excluding hydrogens is 657 g/mol. The highest BCUT2D eigenvalue weighted by Gasteiger charge is 2.31. The number of carbonyl (C=O) groups excluding carboxylic acids is 6. The second kappa shape index (κ2) is 20.7. The molecule has 0 aromatic heterocycles. The van der Waals surface area contributed by atoms with Crippen molar-refractivity contribution in [1.29, 1.82) is 0 Å². The zero-order valence-corrected chi connectivity index (χ0v) is 29.5. The summed E-state index contributed by atoms with van der Waals surface area (Å²) in [6, 6.07) is 16.0. The Bertz CT molecular complexity index is 1470. The van der Waals surface area contributed by atoms with Crippen LogP contribution in [0.3, 0.4) is 0 Å². The quantitative estimate of drug-likeness (QED) is 0.149. The van der Waals surface area contributed by atoms with E-state index in [1.807, 2.05) is 54.6 Å². The molecule has 4 N–H and O–H groups in total. The second-order valence-corrected chi connectivity index (χ2v) is 13.1. The molecule has 5 amide bonds. The van der Waals surface area contributed by atoms with Crippen LogP contribution in [-0.4, -0.2) is 94.1 Å². The number of anilines is 1. The number of nitrogens with two attached hydrogens (primary N) is 1. The molecule has 2 aromatic rings. The fraction of sp³-hybridized carbons (Fsp3) is 0.405. The molecule has 1 saturated heterocycles. The molecule has 0 aliphatic carbocycles. The fourth-order valence-electron chi connectivity index (χ4n) is 5.40. The van der Waals surface area contributed by atoms with Crippen LogP contribution in [0.4, 0.5) is 5.69 Å². The maximum absolute atomic E-state index is 13.7. The number of aryl methyl sites for hydroxylation is 1. The molecule has 2 atom stereocenters. The van der Waals surface area contributed by atoms with E-state index in [0.29, 0.717) is 30.8 Å². The average Bonchev–Trinajstić information content (AvgIpc) is 3.14. The fourth-order valence-corrected chi connectivity index (χ4v) is 6.14. The van der Waals surface area contributed by atoms with Crippen molar-refractivity contribution in [3.05, 3.63) is 91.0 Å². The lowest BCUT2D eigenvalue weighted by Gasteiger charge is -2.41. The number of hydrogen-bond donors (Lipinski definition) is 3. The van der Waals surface area contributed by atoms with Crippen LogP contribution in [-0.2, 0) is 41.6 Å². The number of hydrogen-bond acceptors (Lipinski definition) is 8. The van der Waals surface area contributed by atoms with Crippen molar-refractivity contribution in [2.75, 3.05) is 43.4 Å². The summed E-state index contributed by atoms with van der Waals surface area (Å²) in [6.45, 7) is 9.42. The van der Waals surface area contributed by atoms with Crippen molar-refractivity contribution in [2.24, 2.45) is 11.7 Å². The SMILES string of the molecule is C=CC(=O)N1CN(C(=O)C=C)CN(C(=O)CCSCC(=O)N[C@@H](Cc2ccccc2)C(=O)C[C@@H](CCCN)C(=O)Nc2ccc(CC)cc2)C1. The van der Waals surface area contributed by atoms with Gasteiger partial charge in [0.2, 0.25) is 29.5 Å². The van der Waals surface area contributed by atoms with Crippen LogP contribution >= 0.6 is 11.8 Å². The van der Waals surface area contributed by atoms with Crippen LogP contribution < -0.4 is 16.4 Å². The molecule has 1 aliphatic rings. The predicted molar refractivity (Wildman–Crippen MR) is 195 cm³/mol. The Balaban J connectivity index is 1.60. The number of thioether (sulfide) groups is 1. The van der Waals surface area contributed by atoms with Gasteiger partial charge in [0.25, 0.3) is 0 Å². The third kappa shape index (κ3) is 12.6. The lowest BCUT2D eigenvalue weighted by molar-refractivity contribution is -0.154. The Morgan fingerprint density at radius 2 is 1.50 bits per heavy atom. The summed E-state index contributed by atoms with van der Waals surface area (Å²) in [5.41, 5.74) is 8.40. The number of nitrogens with one attached hydrogen (secondary N) is 2. The van der Waals surface area contributed by atoms with E-state index in [4.69, 9.17) is 5.73 Å². The first-order valence-corrected chi connectivity index (χ1v) is 17.9. The van der Waals surface area contributed by atoms with Crippen molar-refractivity contribution in [3.8, 4) is 0 Å². The van der Waals surface area contributed by atoms with Gasteiger partial charge in [0.15, 0.2) is 5.78 Å². The van der Waals surface area contributed by atoms with Crippen molar-refractivity contribution < 1.29 is 28.8 Å². The summed E-state index contributed by atoms with van der Waals surface area (Å²) < 4.78 is 0. The highest BCUT2D eigenvalue weighted by atomic mass is 32.2. The Kier molecular flexibility index (Phi) is 16.4. The molecule has 13 heteroatoms. The molecule has 0 bridgehead atoms. The molecule has 1 aliphatic heterocycles. The van der Waals surface area contributed by atoms with Crippen LogP contribution in [0.2, 0.25) is 0 Å². The molecule has 1 heterocycles. The molecule has 3 rings (SSSR count). The summed E-state index contributed by atoms with van der Waals surface area (Å²) >= 11 is 1.23.